The predicted octanol–water partition coefficient (Wildman–Crippen LogP) is 5.16. The number of halogens is 3. The summed E-state index contributed by atoms with van der Waals surface area (Å²) in [6.45, 7) is 1.24. The molecule has 2 nitrogen and oxygen atoms in total. The van der Waals surface area contributed by atoms with Crippen LogP contribution in [0, 0.1) is 0 Å². The first-order valence-electron chi connectivity index (χ1n) is 6.10. The molecule has 0 heterocycles. The molecular weight excluding hydrogens is 405 g/mol. The van der Waals surface area contributed by atoms with E-state index < -0.39 is 0 Å². The molecule has 5 heteroatoms. The molecule has 106 valence electrons. The van der Waals surface area contributed by atoms with E-state index in [0.717, 1.165) is 32.4 Å². The van der Waals surface area contributed by atoms with Gasteiger partial charge in [-0.1, -0.05) is 49.5 Å². The Balaban J connectivity index is 2.08. The normalized spacial score (nSPS) is 10.6. The van der Waals surface area contributed by atoms with Gasteiger partial charge >= 0.3 is 0 Å². The number of benzene rings is 2. The van der Waals surface area contributed by atoms with Crippen LogP contribution in [-0.4, -0.2) is 7.05 Å². The van der Waals surface area contributed by atoms with Crippen LogP contribution >= 0.6 is 43.5 Å². The first-order valence-corrected chi connectivity index (χ1v) is 8.06. The molecule has 0 unspecified atom stereocenters. The second-order valence-corrected chi connectivity index (χ2v) is 6.49. The molecule has 20 heavy (non-hydrogen) atoms. The van der Waals surface area contributed by atoms with Crippen molar-refractivity contribution in [1.29, 1.82) is 0 Å². The summed E-state index contributed by atoms with van der Waals surface area (Å²) in [4.78, 5) is 0. The molecule has 0 amide bonds. The van der Waals surface area contributed by atoms with Crippen molar-refractivity contribution in [3.63, 3.8) is 0 Å². The van der Waals surface area contributed by atoms with Crippen LogP contribution in [0.4, 0.5) is 0 Å². The molecule has 0 bridgehead atoms. The highest BCUT2D eigenvalue weighted by Gasteiger charge is 2.05. The van der Waals surface area contributed by atoms with Gasteiger partial charge in [0.25, 0.3) is 0 Å². The SMILES string of the molecule is CNCc1cc(OCc2ccc(Br)cc2Cl)ccc1Br. The molecule has 0 saturated heterocycles. The minimum absolute atomic E-state index is 0.451. The van der Waals surface area contributed by atoms with Crippen molar-refractivity contribution in [3.8, 4) is 5.75 Å². The van der Waals surface area contributed by atoms with Crippen molar-refractivity contribution < 1.29 is 4.74 Å². The van der Waals surface area contributed by atoms with E-state index >= 15 is 0 Å². The van der Waals surface area contributed by atoms with Gasteiger partial charge in [0, 0.05) is 26.1 Å². The largest absolute Gasteiger partial charge is 0.489 e. The molecule has 2 aromatic carbocycles. The maximum Gasteiger partial charge on any atom is 0.120 e. The topological polar surface area (TPSA) is 21.3 Å². The highest BCUT2D eigenvalue weighted by Crippen LogP contribution is 2.25. The first-order chi connectivity index (χ1) is 9.60. The van der Waals surface area contributed by atoms with Crippen molar-refractivity contribution in [3.05, 3.63) is 61.5 Å². The Kier molecular flexibility index (Phi) is 5.90. The van der Waals surface area contributed by atoms with Gasteiger partial charge in [-0.2, -0.15) is 0 Å². The van der Waals surface area contributed by atoms with E-state index in [4.69, 9.17) is 16.3 Å². The summed E-state index contributed by atoms with van der Waals surface area (Å²) in [5.74, 6) is 0.831. The van der Waals surface area contributed by atoms with Gasteiger partial charge in [-0.3, -0.25) is 0 Å². The van der Waals surface area contributed by atoms with Crippen molar-refractivity contribution in [2.45, 2.75) is 13.2 Å². The molecule has 0 saturated carbocycles. The fourth-order valence-electron chi connectivity index (χ4n) is 1.77. The lowest BCUT2D eigenvalue weighted by Gasteiger charge is -2.11. The second-order valence-electron chi connectivity index (χ2n) is 4.31. The summed E-state index contributed by atoms with van der Waals surface area (Å²) in [7, 11) is 1.92. The Hall–Kier alpha value is -0.550. The zero-order valence-electron chi connectivity index (χ0n) is 10.9. The summed E-state index contributed by atoms with van der Waals surface area (Å²) in [5.41, 5.74) is 2.12. The zero-order valence-corrected chi connectivity index (χ0v) is 14.8. The summed E-state index contributed by atoms with van der Waals surface area (Å²) in [6, 6.07) is 11.7. The van der Waals surface area contributed by atoms with Gasteiger partial charge in [0.05, 0.1) is 0 Å². The maximum atomic E-state index is 6.17. The number of hydrogen-bond acceptors (Lipinski definition) is 2. The van der Waals surface area contributed by atoms with Gasteiger partial charge in [-0.25, -0.2) is 0 Å². The Morgan fingerprint density at radius 3 is 2.60 bits per heavy atom. The molecule has 0 spiro atoms. The van der Waals surface area contributed by atoms with E-state index in [0.29, 0.717) is 11.6 Å². The fraction of sp³-hybridized carbons (Fsp3) is 0.200. The zero-order chi connectivity index (χ0) is 14.5. The van der Waals surface area contributed by atoms with Gasteiger partial charge in [0.15, 0.2) is 0 Å². The smallest absolute Gasteiger partial charge is 0.120 e. The molecule has 2 aromatic rings. The van der Waals surface area contributed by atoms with E-state index in [-0.39, 0.29) is 0 Å². The molecule has 2 rings (SSSR count). The van der Waals surface area contributed by atoms with E-state index in [2.05, 4.69) is 37.2 Å². The number of nitrogens with one attached hydrogen (secondary N) is 1. The first kappa shape index (κ1) is 15.8. The monoisotopic (exact) mass is 417 g/mol. The van der Waals surface area contributed by atoms with Gasteiger partial charge < -0.3 is 10.1 Å². The fourth-order valence-corrected chi connectivity index (χ4v) is 2.88. The summed E-state index contributed by atoms with van der Waals surface area (Å²) < 4.78 is 7.84. The third-order valence-corrected chi connectivity index (χ3v) is 4.41. The lowest BCUT2D eigenvalue weighted by atomic mass is 10.2. The third kappa shape index (κ3) is 4.22. The number of hydrogen-bond donors (Lipinski definition) is 1. The Bertz CT molecular complexity index is 604. The highest BCUT2D eigenvalue weighted by molar-refractivity contribution is 9.10. The van der Waals surface area contributed by atoms with Crippen molar-refractivity contribution >= 4 is 43.5 Å². The standard InChI is InChI=1S/C15H14Br2ClNO/c1-19-8-11-6-13(4-5-14(11)17)20-9-10-2-3-12(16)7-15(10)18/h2-7,19H,8-9H2,1H3. The third-order valence-electron chi connectivity index (χ3n) is 2.79. The molecular formula is C15H14Br2ClNO. The van der Waals surface area contributed by atoms with Crippen LogP contribution in [0.1, 0.15) is 11.1 Å². The van der Waals surface area contributed by atoms with Crippen molar-refractivity contribution in [2.24, 2.45) is 0 Å². The summed E-state index contributed by atoms with van der Waals surface area (Å²) in [5, 5.41) is 3.83. The Morgan fingerprint density at radius 1 is 1.10 bits per heavy atom. The molecule has 0 aliphatic rings. The minimum atomic E-state index is 0.451. The van der Waals surface area contributed by atoms with Gasteiger partial charge in [0.1, 0.15) is 12.4 Å². The highest BCUT2D eigenvalue weighted by atomic mass is 79.9. The van der Waals surface area contributed by atoms with Crippen LogP contribution < -0.4 is 10.1 Å². The maximum absolute atomic E-state index is 6.17. The van der Waals surface area contributed by atoms with Gasteiger partial charge in [-0.05, 0) is 42.9 Å². The van der Waals surface area contributed by atoms with E-state index in [9.17, 15) is 0 Å². The summed E-state index contributed by atoms with van der Waals surface area (Å²) >= 11 is 13.1. The molecule has 1 N–H and O–H groups in total. The van der Waals surface area contributed by atoms with Crippen molar-refractivity contribution in [1.82, 2.24) is 5.32 Å². The number of rotatable bonds is 5. The second kappa shape index (κ2) is 7.46. The number of ether oxygens (including phenoxy) is 1. The van der Waals surface area contributed by atoms with Crippen LogP contribution in [0.15, 0.2) is 45.3 Å². The molecule has 0 atom stereocenters. The quantitative estimate of drug-likeness (QED) is 0.723. The Morgan fingerprint density at radius 2 is 1.90 bits per heavy atom. The average Bonchev–Trinajstić information content (AvgIpc) is 2.41. The van der Waals surface area contributed by atoms with Crippen LogP contribution in [0.2, 0.25) is 5.02 Å². The average molecular weight is 420 g/mol. The molecule has 0 aromatic heterocycles. The van der Waals surface area contributed by atoms with Crippen LogP contribution in [0.3, 0.4) is 0 Å². The molecule has 0 fully saturated rings. The molecule has 0 aliphatic carbocycles. The molecule has 0 radical (unpaired) electrons. The van der Waals surface area contributed by atoms with E-state index in [1.165, 1.54) is 0 Å². The lowest BCUT2D eigenvalue weighted by molar-refractivity contribution is 0.306. The van der Waals surface area contributed by atoms with Gasteiger partial charge in [-0.15, -0.1) is 0 Å². The van der Waals surface area contributed by atoms with Crippen LogP contribution in [0.25, 0.3) is 0 Å². The van der Waals surface area contributed by atoms with Crippen molar-refractivity contribution in [2.75, 3.05) is 7.05 Å². The van der Waals surface area contributed by atoms with Gasteiger partial charge in [0.2, 0.25) is 0 Å². The minimum Gasteiger partial charge on any atom is -0.489 e. The Labute approximate surface area is 140 Å². The van der Waals surface area contributed by atoms with E-state index in [1.54, 1.807) is 0 Å². The van der Waals surface area contributed by atoms with Crippen LogP contribution in [0.5, 0.6) is 5.75 Å². The lowest BCUT2D eigenvalue weighted by Crippen LogP contribution is -2.06. The predicted molar refractivity (Wildman–Crippen MR) is 90.4 cm³/mol. The van der Waals surface area contributed by atoms with E-state index in [1.807, 2.05) is 43.4 Å². The summed E-state index contributed by atoms with van der Waals surface area (Å²) in [6.07, 6.45) is 0. The van der Waals surface area contributed by atoms with Crippen LogP contribution in [-0.2, 0) is 13.2 Å². The molecule has 0 aliphatic heterocycles.